The van der Waals surface area contributed by atoms with E-state index in [-0.39, 0.29) is 5.91 Å². The molecule has 1 unspecified atom stereocenters. The number of piperidine rings is 1. The minimum atomic E-state index is -0.140. The van der Waals surface area contributed by atoms with E-state index in [1.165, 1.54) is 12.8 Å². The highest BCUT2D eigenvalue weighted by Gasteiger charge is 2.19. The van der Waals surface area contributed by atoms with Crippen molar-refractivity contribution in [2.75, 3.05) is 32.1 Å². The Kier molecular flexibility index (Phi) is 4.15. The first kappa shape index (κ1) is 12.8. The monoisotopic (exact) mass is 248 g/mol. The Labute approximate surface area is 108 Å². The van der Waals surface area contributed by atoms with Crippen molar-refractivity contribution in [3.05, 3.63) is 24.0 Å². The molecule has 0 radical (unpaired) electrons. The molecule has 0 spiro atoms. The second kappa shape index (κ2) is 5.82. The molecule has 0 saturated carbocycles. The molecule has 1 aromatic heterocycles. The lowest BCUT2D eigenvalue weighted by Gasteiger charge is -2.34. The van der Waals surface area contributed by atoms with Crippen molar-refractivity contribution in [3.63, 3.8) is 0 Å². The van der Waals surface area contributed by atoms with Crippen LogP contribution in [0.3, 0.4) is 0 Å². The molecule has 1 fully saturated rings. The molecule has 1 aliphatic heterocycles. The number of carbonyl (C=O) groups excluding carboxylic acids is 1. The highest BCUT2D eigenvalue weighted by molar-refractivity contribution is 5.92. The Balaban J connectivity index is 2.15. The maximum atomic E-state index is 11.6. The van der Waals surface area contributed by atoms with Crippen LogP contribution in [0.4, 0.5) is 5.69 Å². The zero-order chi connectivity index (χ0) is 13.0. The third-order valence-electron chi connectivity index (χ3n) is 3.40. The Hall–Kier alpha value is -1.62. The summed E-state index contributed by atoms with van der Waals surface area (Å²) in [6, 6.07) is 4.34. The highest BCUT2D eigenvalue weighted by Crippen LogP contribution is 2.20. The van der Waals surface area contributed by atoms with Gasteiger partial charge >= 0.3 is 0 Å². The Morgan fingerprint density at radius 3 is 3.06 bits per heavy atom. The molecular weight excluding hydrogens is 228 g/mol. The van der Waals surface area contributed by atoms with Gasteiger partial charge in [-0.25, -0.2) is 0 Å². The lowest BCUT2D eigenvalue weighted by molar-refractivity contribution is 0.0958. The summed E-state index contributed by atoms with van der Waals surface area (Å²) >= 11 is 0. The summed E-state index contributed by atoms with van der Waals surface area (Å²) in [4.78, 5) is 18.0. The smallest absolute Gasteiger partial charge is 0.269 e. The van der Waals surface area contributed by atoms with E-state index in [1.54, 1.807) is 13.2 Å². The Morgan fingerprint density at radius 1 is 1.50 bits per heavy atom. The highest BCUT2D eigenvalue weighted by atomic mass is 16.1. The summed E-state index contributed by atoms with van der Waals surface area (Å²) in [7, 11) is 3.62. The van der Waals surface area contributed by atoms with Crippen LogP contribution in [0, 0.1) is 0 Å². The number of hydrogen-bond acceptors (Lipinski definition) is 4. The molecular formula is C13H20N4O. The van der Waals surface area contributed by atoms with E-state index in [0.717, 1.165) is 18.8 Å². The molecule has 1 aliphatic rings. The van der Waals surface area contributed by atoms with Gasteiger partial charge in [-0.2, -0.15) is 0 Å². The van der Waals surface area contributed by atoms with Crippen LogP contribution in [-0.2, 0) is 0 Å². The predicted molar refractivity (Wildman–Crippen MR) is 71.9 cm³/mol. The molecule has 18 heavy (non-hydrogen) atoms. The fourth-order valence-corrected chi connectivity index (χ4v) is 2.32. The van der Waals surface area contributed by atoms with Gasteiger partial charge in [-0.3, -0.25) is 9.78 Å². The minimum absolute atomic E-state index is 0.140. The summed E-state index contributed by atoms with van der Waals surface area (Å²) in [5.74, 6) is -0.140. The summed E-state index contributed by atoms with van der Waals surface area (Å²) in [6.07, 6.45) is 4.08. The van der Waals surface area contributed by atoms with E-state index in [9.17, 15) is 4.79 Å². The number of pyridine rings is 1. The molecule has 0 aromatic carbocycles. The molecule has 1 atom stereocenters. The van der Waals surface area contributed by atoms with Crippen molar-refractivity contribution in [1.82, 2.24) is 15.6 Å². The van der Waals surface area contributed by atoms with Crippen molar-refractivity contribution >= 4 is 11.6 Å². The zero-order valence-electron chi connectivity index (χ0n) is 10.9. The predicted octanol–water partition coefficient (Wildman–Crippen LogP) is 0.629. The number of anilines is 1. The number of aromatic nitrogens is 1. The average Bonchev–Trinajstić information content (AvgIpc) is 2.46. The van der Waals surface area contributed by atoms with Gasteiger partial charge in [-0.05, 0) is 32.0 Å². The minimum Gasteiger partial charge on any atom is -0.370 e. The van der Waals surface area contributed by atoms with Gasteiger partial charge in [0, 0.05) is 38.1 Å². The molecule has 1 amide bonds. The van der Waals surface area contributed by atoms with Gasteiger partial charge in [0.25, 0.3) is 5.91 Å². The molecule has 2 heterocycles. The maximum absolute atomic E-state index is 11.6. The summed E-state index contributed by atoms with van der Waals surface area (Å²) in [5.41, 5.74) is 1.55. The third kappa shape index (κ3) is 2.79. The first-order valence-corrected chi connectivity index (χ1v) is 6.35. The van der Waals surface area contributed by atoms with Gasteiger partial charge in [0.05, 0.1) is 0 Å². The Morgan fingerprint density at radius 2 is 2.33 bits per heavy atom. The van der Waals surface area contributed by atoms with Crippen LogP contribution in [-0.4, -0.2) is 44.1 Å². The van der Waals surface area contributed by atoms with Crippen LogP contribution in [0.5, 0.6) is 0 Å². The molecule has 0 bridgehead atoms. The Bertz CT molecular complexity index is 421. The fourth-order valence-electron chi connectivity index (χ4n) is 2.32. The maximum Gasteiger partial charge on any atom is 0.269 e. The van der Waals surface area contributed by atoms with Crippen molar-refractivity contribution in [3.8, 4) is 0 Å². The average molecular weight is 248 g/mol. The van der Waals surface area contributed by atoms with Crippen LogP contribution < -0.4 is 15.5 Å². The molecule has 2 N–H and O–H groups in total. The van der Waals surface area contributed by atoms with E-state index < -0.39 is 0 Å². The second-order valence-electron chi connectivity index (χ2n) is 4.55. The van der Waals surface area contributed by atoms with Crippen molar-refractivity contribution in [2.45, 2.75) is 18.9 Å². The standard InChI is InChI=1S/C13H20N4O/c1-14-10-4-3-7-17(9-10)11-5-6-16-12(8-11)13(18)15-2/h5-6,8,10,14H,3-4,7,9H2,1-2H3,(H,15,18). The number of hydrogen-bond donors (Lipinski definition) is 2. The molecule has 0 aliphatic carbocycles. The van der Waals surface area contributed by atoms with Crippen LogP contribution in [0.25, 0.3) is 0 Å². The number of amides is 1. The lowest BCUT2D eigenvalue weighted by Crippen LogP contribution is -2.44. The van der Waals surface area contributed by atoms with Gasteiger partial charge in [0.15, 0.2) is 0 Å². The first-order chi connectivity index (χ1) is 8.74. The molecule has 5 nitrogen and oxygen atoms in total. The largest absolute Gasteiger partial charge is 0.370 e. The first-order valence-electron chi connectivity index (χ1n) is 6.35. The van der Waals surface area contributed by atoms with Gasteiger partial charge in [-0.1, -0.05) is 0 Å². The third-order valence-corrected chi connectivity index (χ3v) is 3.40. The number of nitrogens with one attached hydrogen (secondary N) is 2. The van der Waals surface area contributed by atoms with Gasteiger partial charge in [0.1, 0.15) is 5.69 Å². The fraction of sp³-hybridized carbons (Fsp3) is 0.538. The van der Waals surface area contributed by atoms with Crippen LogP contribution in [0.2, 0.25) is 0 Å². The van der Waals surface area contributed by atoms with Crippen molar-refractivity contribution in [1.29, 1.82) is 0 Å². The van der Waals surface area contributed by atoms with Gasteiger partial charge in [0.2, 0.25) is 0 Å². The summed E-state index contributed by atoms with van der Waals surface area (Å²) in [6.45, 7) is 2.02. The van der Waals surface area contributed by atoms with Crippen LogP contribution in [0.15, 0.2) is 18.3 Å². The number of nitrogens with zero attached hydrogens (tertiary/aromatic N) is 2. The quantitative estimate of drug-likeness (QED) is 0.824. The molecule has 1 aromatic rings. The second-order valence-corrected chi connectivity index (χ2v) is 4.55. The van der Waals surface area contributed by atoms with E-state index in [1.807, 2.05) is 19.2 Å². The molecule has 1 saturated heterocycles. The summed E-state index contributed by atoms with van der Waals surface area (Å²) < 4.78 is 0. The molecule has 2 rings (SSSR count). The number of rotatable bonds is 3. The van der Waals surface area contributed by atoms with E-state index in [0.29, 0.717) is 11.7 Å². The van der Waals surface area contributed by atoms with Gasteiger partial charge < -0.3 is 15.5 Å². The van der Waals surface area contributed by atoms with E-state index >= 15 is 0 Å². The number of likely N-dealkylation sites (N-methyl/N-ethyl adjacent to an activating group) is 1. The van der Waals surface area contributed by atoms with Crippen molar-refractivity contribution < 1.29 is 4.79 Å². The van der Waals surface area contributed by atoms with Gasteiger partial charge in [-0.15, -0.1) is 0 Å². The SMILES string of the molecule is CNC(=O)c1cc(N2CCCC(NC)C2)ccn1. The van der Waals surface area contributed by atoms with Crippen LogP contribution in [0.1, 0.15) is 23.3 Å². The van der Waals surface area contributed by atoms with Crippen LogP contribution >= 0.6 is 0 Å². The normalized spacial score (nSPS) is 19.7. The topological polar surface area (TPSA) is 57.3 Å². The molecule has 5 heteroatoms. The number of carbonyl (C=O) groups is 1. The van der Waals surface area contributed by atoms with E-state index in [4.69, 9.17) is 0 Å². The zero-order valence-corrected chi connectivity index (χ0v) is 10.9. The molecule has 98 valence electrons. The summed E-state index contributed by atoms with van der Waals surface area (Å²) in [5, 5.41) is 5.91. The van der Waals surface area contributed by atoms with E-state index in [2.05, 4.69) is 20.5 Å². The lowest BCUT2D eigenvalue weighted by atomic mass is 10.1. The van der Waals surface area contributed by atoms with Crippen molar-refractivity contribution in [2.24, 2.45) is 0 Å².